The second kappa shape index (κ2) is 16.8. The molecule has 0 bridgehead atoms. The van der Waals surface area contributed by atoms with Crippen LogP contribution in [-0.2, 0) is 25.7 Å². The fourth-order valence-electron chi connectivity index (χ4n) is 6.29. The lowest BCUT2D eigenvalue weighted by Crippen LogP contribution is -2.44. The van der Waals surface area contributed by atoms with Gasteiger partial charge in [0, 0.05) is 49.6 Å². The van der Waals surface area contributed by atoms with Gasteiger partial charge in [-0.05, 0) is 72.5 Å². The van der Waals surface area contributed by atoms with Crippen LogP contribution in [-0.4, -0.2) is 48.1 Å². The van der Waals surface area contributed by atoms with Crippen molar-refractivity contribution in [3.63, 3.8) is 0 Å². The van der Waals surface area contributed by atoms with E-state index in [-0.39, 0.29) is 42.6 Å². The van der Waals surface area contributed by atoms with Gasteiger partial charge in [-0.1, -0.05) is 86.1 Å². The van der Waals surface area contributed by atoms with Crippen molar-refractivity contribution in [3.05, 3.63) is 113 Å². The Morgan fingerprint density at radius 1 is 0.875 bits per heavy atom. The summed E-state index contributed by atoms with van der Waals surface area (Å²) in [5, 5.41) is 17.8. The number of hydrogen-bond acceptors (Lipinski definition) is 6. The molecule has 8 nitrogen and oxygen atoms in total. The van der Waals surface area contributed by atoms with E-state index in [1.54, 1.807) is 0 Å². The van der Waals surface area contributed by atoms with Crippen LogP contribution >= 0.6 is 0 Å². The van der Waals surface area contributed by atoms with Crippen LogP contribution in [0.25, 0.3) is 10.8 Å². The molecule has 8 heteroatoms. The van der Waals surface area contributed by atoms with E-state index in [9.17, 15) is 14.7 Å². The molecule has 1 fully saturated rings. The molecule has 1 heterocycles. The number of aliphatic hydroxyl groups excluding tert-OH is 1. The number of likely N-dealkylation sites (N-methyl/N-ethyl adjacent to an activating group) is 1. The summed E-state index contributed by atoms with van der Waals surface area (Å²) in [6, 6.07) is 30.9. The van der Waals surface area contributed by atoms with Gasteiger partial charge in [0.2, 0.25) is 11.8 Å². The topological polar surface area (TPSA) is 100 Å². The number of carbonyl (C=O) groups excluding carboxylic acids is 2. The Balaban J connectivity index is 1.26. The second-order valence-corrected chi connectivity index (χ2v) is 13.0. The van der Waals surface area contributed by atoms with Crippen molar-refractivity contribution in [2.75, 3.05) is 25.5 Å². The van der Waals surface area contributed by atoms with Gasteiger partial charge < -0.3 is 25.2 Å². The van der Waals surface area contributed by atoms with E-state index in [1.807, 2.05) is 48.5 Å². The summed E-state index contributed by atoms with van der Waals surface area (Å²) in [6.45, 7) is 7.26. The zero-order chi connectivity index (χ0) is 34.0. The third kappa shape index (κ3) is 9.29. The lowest BCUT2D eigenvalue weighted by molar-refractivity contribution is -0.276. The standard InChI is InChI=1S/C40H49N3O5/c1-27-37(25-43(4)28(2)34-18-17-31-10-7-8-11-35(31)24-34)47-40(48-39(27)32-15-13-30(26-44)14-16-32)33-19-21-36(22-20-33)42-38(46)12-6-5-9-23-41-29(3)45/h7-8,10-11,13-22,24,27-28,37,39-40,44H,5-6,9,12,23,25-26H2,1-4H3,(H,41,45)(H,42,46)/t27-,28-,37+,39+,40+/m1/s1. The smallest absolute Gasteiger partial charge is 0.224 e. The molecule has 1 aliphatic heterocycles. The number of unbranched alkanes of at least 4 members (excludes halogenated alkanes) is 2. The second-order valence-electron chi connectivity index (χ2n) is 13.0. The van der Waals surface area contributed by atoms with Gasteiger partial charge in [0.25, 0.3) is 0 Å². The predicted molar refractivity (Wildman–Crippen MR) is 190 cm³/mol. The summed E-state index contributed by atoms with van der Waals surface area (Å²) in [7, 11) is 2.14. The maximum absolute atomic E-state index is 12.5. The molecule has 1 aliphatic rings. The van der Waals surface area contributed by atoms with Crippen LogP contribution in [0.4, 0.5) is 5.69 Å². The number of aliphatic hydroxyl groups is 1. The molecular formula is C40H49N3O5. The minimum Gasteiger partial charge on any atom is -0.392 e. The molecule has 5 rings (SSSR count). The summed E-state index contributed by atoms with van der Waals surface area (Å²) in [5.41, 5.74) is 4.77. The average Bonchev–Trinajstić information content (AvgIpc) is 3.10. The van der Waals surface area contributed by atoms with Gasteiger partial charge in [-0.25, -0.2) is 0 Å². The third-order valence-electron chi connectivity index (χ3n) is 9.43. The Bertz CT molecular complexity index is 1640. The van der Waals surface area contributed by atoms with Crippen LogP contribution in [0.5, 0.6) is 0 Å². The van der Waals surface area contributed by atoms with Crippen LogP contribution in [0, 0.1) is 5.92 Å². The van der Waals surface area contributed by atoms with Crippen LogP contribution < -0.4 is 10.6 Å². The number of nitrogens with zero attached hydrogens (tertiary/aromatic N) is 1. The Morgan fingerprint density at radius 3 is 2.29 bits per heavy atom. The van der Waals surface area contributed by atoms with Gasteiger partial charge in [-0.2, -0.15) is 0 Å². The predicted octanol–water partition coefficient (Wildman–Crippen LogP) is 7.45. The van der Waals surface area contributed by atoms with Crippen molar-refractivity contribution in [3.8, 4) is 0 Å². The van der Waals surface area contributed by atoms with Crippen LogP contribution in [0.15, 0.2) is 91.0 Å². The van der Waals surface area contributed by atoms with Gasteiger partial charge in [0.15, 0.2) is 6.29 Å². The van der Waals surface area contributed by atoms with E-state index in [1.165, 1.54) is 23.3 Å². The maximum atomic E-state index is 12.5. The lowest BCUT2D eigenvalue weighted by atomic mass is 9.89. The van der Waals surface area contributed by atoms with Crippen molar-refractivity contribution in [2.45, 2.75) is 77.6 Å². The first-order chi connectivity index (χ1) is 23.2. The molecule has 0 radical (unpaired) electrons. The number of nitrogens with one attached hydrogen (secondary N) is 2. The molecule has 0 unspecified atom stereocenters. The minimum absolute atomic E-state index is 0.00529. The zero-order valence-electron chi connectivity index (χ0n) is 28.5. The van der Waals surface area contributed by atoms with Crippen molar-refractivity contribution in [2.24, 2.45) is 5.92 Å². The number of benzene rings is 4. The van der Waals surface area contributed by atoms with Crippen LogP contribution in [0.2, 0.25) is 0 Å². The first-order valence-corrected chi connectivity index (χ1v) is 17.1. The van der Waals surface area contributed by atoms with E-state index in [0.717, 1.165) is 41.6 Å². The molecule has 254 valence electrons. The first-order valence-electron chi connectivity index (χ1n) is 17.1. The largest absolute Gasteiger partial charge is 0.392 e. The molecule has 3 N–H and O–H groups in total. The van der Waals surface area contributed by atoms with Gasteiger partial charge in [-0.15, -0.1) is 0 Å². The van der Waals surface area contributed by atoms with E-state index >= 15 is 0 Å². The van der Waals surface area contributed by atoms with E-state index in [2.05, 4.69) is 78.9 Å². The molecule has 4 aromatic rings. The highest BCUT2D eigenvalue weighted by Crippen LogP contribution is 2.42. The van der Waals surface area contributed by atoms with Gasteiger partial charge in [-0.3, -0.25) is 14.5 Å². The molecule has 4 aromatic carbocycles. The highest BCUT2D eigenvalue weighted by atomic mass is 16.7. The van der Waals surface area contributed by atoms with Crippen molar-refractivity contribution >= 4 is 28.3 Å². The summed E-state index contributed by atoms with van der Waals surface area (Å²) >= 11 is 0. The molecule has 0 saturated carbocycles. The Morgan fingerprint density at radius 2 is 1.58 bits per heavy atom. The molecule has 0 spiro atoms. The number of amides is 2. The highest BCUT2D eigenvalue weighted by Gasteiger charge is 2.39. The number of ether oxygens (including phenoxy) is 2. The zero-order valence-corrected chi connectivity index (χ0v) is 28.5. The highest BCUT2D eigenvalue weighted by molar-refractivity contribution is 5.90. The van der Waals surface area contributed by atoms with E-state index in [0.29, 0.717) is 19.5 Å². The molecule has 2 amide bonds. The van der Waals surface area contributed by atoms with Gasteiger partial charge in [0.05, 0.1) is 18.8 Å². The monoisotopic (exact) mass is 651 g/mol. The number of anilines is 1. The third-order valence-corrected chi connectivity index (χ3v) is 9.43. The van der Waals surface area contributed by atoms with Crippen LogP contribution in [0.3, 0.4) is 0 Å². The number of carbonyl (C=O) groups is 2. The average molecular weight is 652 g/mol. The summed E-state index contributed by atoms with van der Waals surface area (Å²) in [6.07, 6.45) is 2.00. The SMILES string of the molecule is CC(=O)NCCCCCC(=O)Nc1ccc([C@H]2O[C@@H](CN(C)[C@H](C)c3ccc4ccccc4c3)[C@@H](C)[C@@H](c3ccc(CO)cc3)O2)cc1. The number of hydrogen-bond donors (Lipinski definition) is 3. The molecule has 48 heavy (non-hydrogen) atoms. The van der Waals surface area contributed by atoms with Crippen molar-refractivity contribution in [1.82, 2.24) is 10.2 Å². The molecular weight excluding hydrogens is 602 g/mol. The molecule has 1 saturated heterocycles. The Hall–Kier alpha value is -4.08. The minimum atomic E-state index is -0.591. The maximum Gasteiger partial charge on any atom is 0.224 e. The first kappa shape index (κ1) is 35.2. The summed E-state index contributed by atoms with van der Waals surface area (Å²) in [4.78, 5) is 25.9. The molecule has 5 atom stereocenters. The van der Waals surface area contributed by atoms with Gasteiger partial charge in [0.1, 0.15) is 0 Å². The van der Waals surface area contributed by atoms with Gasteiger partial charge >= 0.3 is 0 Å². The molecule has 0 aromatic heterocycles. The lowest BCUT2D eigenvalue weighted by Gasteiger charge is -2.43. The summed E-state index contributed by atoms with van der Waals surface area (Å²) < 4.78 is 13.4. The van der Waals surface area contributed by atoms with Crippen LogP contribution in [0.1, 0.15) is 87.1 Å². The molecule has 0 aliphatic carbocycles. The van der Waals surface area contributed by atoms with E-state index in [4.69, 9.17) is 9.47 Å². The fourth-order valence-corrected chi connectivity index (χ4v) is 6.29. The van der Waals surface area contributed by atoms with E-state index < -0.39 is 6.29 Å². The van der Waals surface area contributed by atoms with Crippen molar-refractivity contribution < 1.29 is 24.2 Å². The Labute approximate surface area is 284 Å². The normalized spacial score (nSPS) is 20.0. The fraction of sp³-hybridized carbons (Fsp3) is 0.400. The Kier molecular flexibility index (Phi) is 12.4. The number of fused-ring (bicyclic) bond motifs is 1. The number of rotatable bonds is 14. The summed E-state index contributed by atoms with van der Waals surface area (Å²) in [5.74, 6) is -0.00281. The quantitative estimate of drug-likeness (QED) is 0.123. The van der Waals surface area contributed by atoms with Crippen molar-refractivity contribution in [1.29, 1.82) is 0 Å².